The highest BCUT2D eigenvalue weighted by atomic mass is 16.2. The van der Waals surface area contributed by atoms with Crippen molar-refractivity contribution in [3.8, 4) is 0 Å². The highest BCUT2D eigenvalue weighted by Gasteiger charge is 2.19. The molecule has 0 aliphatic rings. The van der Waals surface area contributed by atoms with Gasteiger partial charge in [0.2, 0.25) is 5.91 Å². The fraction of sp³-hybridized carbons (Fsp3) is 0.278. The van der Waals surface area contributed by atoms with Gasteiger partial charge in [-0.05, 0) is 17.7 Å². The Morgan fingerprint density at radius 2 is 1.50 bits per heavy atom. The Hall–Kier alpha value is -2.33. The molecule has 0 saturated carbocycles. The summed E-state index contributed by atoms with van der Waals surface area (Å²) in [6.45, 7) is 1.39. The molecule has 4 heteroatoms. The van der Waals surface area contributed by atoms with E-state index in [2.05, 4.69) is 17.0 Å². The smallest absolute Gasteiger partial charge is 0.243 e. The van der Waals surface area contributed by atoms with Crippen LogP contribution in [0.2, 0.25) is 0 Å². The number of benzene rings is 2. The predicted molar refractivity (Wildman–Crippen MR) is 90.7 cm³/mol. The molecular weight excluding hydrogens is 274 g/mol. The highest BCUT2D eigenvalue weighted by Crippen LogP contribution is 2.13. The molecule has 2 aromatic rings. The summed E-state index contributed by atoms with van der Waals surface area (Å²) >= 11 is 0. The standard InChI is InChI=1S/C18H23N3O/c1-20(16-11-7-4-8-12-16)13-14-21(2)18(22)17(19)15-9-5-3-6-10-15/h3-12,17H,13-14,19H2,1-2H3. The van der Waals surface area contributed by atoms with E-state index in [0.717, 1.165) is 17.8 Å². The number of anilines is 1. The van der Waals surface area contributed by atoms with Crippen molar-refractivity contribution in [2.24, 2.45) is 5.73 Å². The Balaban J connectivity index is 1.89. The zero-order valence-electron chi connectivity index (χ0n) is 13.1. The summed E-state index contributed by atoms with van der Waals surface area (Å²) < 4.78 is 0. The SMILES string of the molecule is CN(CCN(C)c1ccccc1)C(=O)C(N)c1ccccc1. The number of rotatable bonds is 6. The third kappa shape index (κ3) is 4.09. The van der Waals surface area contributed by atoms with E-state index in [-0.39, 0.29) is 5.91 Å². The van der Waals surface area contributed by atoms with E-state index in [1.807, 2.05) is 55.6 Å². The average Bonchev–Trinajstić information content (AvgIpc) is 2.59. The minimum Gasteiger partial charge on any atom is -0.373 e. The summed E-state index contributed by atoms with van der Waals surface area (Å²) in [4.78, 5) is 16.2. The van der Waals surface area contributed by atoms with Crippen LogP contribution in [-0.2, 0) is 4.79 Å². The van der Waals surface area contributed by atoms with E-state index in [1.165, 1.54) is 0 Å². The Kier molecular flexibility index (Phi) is 5.55. The van der Waals surface area contributed by atoms with Gasteiger partial charge in [-0.15, -0.1) is 0 Å². The molecule has 1 unspecified atom stereocenters. The van der Waals surface area contributed by atoms with E-state index in [9.17, 15) is 4.79 Å². The molecule has 0 aromatic heterocycles. The van der Waals surface area contributed by atoms with Crippen molar-refractivity contribution in [2.75, 3.05) is 32.1 Å². The van der Waals surface area contributed by atoms with E-state index in [0.29, 0.717) is 6.54 Å². The van der Waals surface area contributed by atoms with Crippen LogP contribution in [0.25, 0.3) is 0 Å². The van der Waals surface area contributed by atoms with Crippen LogP contribution >= 0.6 is 0 Å². The molecule has 0 fully saturated rings. The number of amides is 1. The third-order valence-corrected chi connectivity index (χ3v) is 3.77. The predicted octanol–water partition coefficient (Wildman–Crippen LogP) is 2.28. The minimum atomic E-state index is -0.603. The lowest BCUT2D eigenvalue weighted by molar-refractivity contribution is -0.131. The number of likely N-dealkylation sites (N-methyl/N-ethyl adjacent to an activating group) is 2. The molecule has 0 aliphatic carbocycles. The molecule has 116 valence electrons. The molecule has 0 radical (unpaired) electrons. The summed E-state index contributed by atoms with van der Waals surface area (Å²) in [6.07, 6.45) is 0. The summed E-state index contributed by atoms with van der Waals surface area (Å²) in [6, 6.07) is 19.0. The van der Waals surface area contributed by atoms with Crippen LogP contribution in [-0.4, -0.2) is 38.0 Å². The quantitative estimate of drug-likeness (QED) is 0.890. The largest absolute Gasteiger partial charge is 0.373 e. The monoisotopic (exact) mass is 297 g/mol. The fourth-order valence-corrected chi connectivity index (χ4v) is 2.26. The van der Waals surface area contributed by atoms with Gasteiger partial charge in [0.25, 0.3) is 0 Å². The lowest BCUT2D eigenvalue weighted by Crippen LogP contribution is -2.40. The average molecular weight is 297 g/mol. The first-order chi connectivity index (χ1) is 10.6. The van der Waals surface area contributed by atoms with Crippen LogP contribution in [0.5, 0.6) is 0 Å². The van der Waals surface area contributed by atoms with Gasteiger partial charge >= 0.3 is 0 Å². The lowest BCUT2D eigenvalue weighted by atomic mass is 10.1. The molecule has 1 amide bonds. The molecule has 0 aliphatic heterocycles. The second kappa shape index (κ2) is 7.61. The van der Waals surface area contributed by atoms with Gasteiger partial charge in [0.05, 0.1) is 0 Å². The second-order valence-electron chi connectivity index (χ2n) is 5.41. The van der Waals surface area contributed by atoms with Crippen LogP contribution in [0, 0.1) is 0 Å². The first kappa shape index (κ1) is 16.0. The molecule has 4 nitrogen and oxygen atoms in total. The highest BCUT2D eigenvalue weighted by molar-refractivity contribution is 5.82. The van der Waals surface area contributed by atoms with E-state index in [4.69, 9.17) is 5.73 Å². The molecular formula is C18H23N3O. The van der Waals surface area contributed by atoms with Gasteiger partial charge in [0.15, 0.2) is 0 Å². The van der Waals surface area contributed by atoms with Gasteiger partial charge in [-0.3, -0.25) is 4.79 Å². The van der Waals surface area contributed by atoms with Crippen molar-refractivity contribution in [2.45, 2.75) is 6.04 Å². The normalized spacial score (nSPS) is 11.8. The number of hydrogen-bond acceptors (Lipinski definition) is 3. The molecule has 0 bridgehead atoms. The molecule has 1 atom stereocenters. The van der Waals surface area contributed by atoms with E-state index >= 15 is 0 Å². The Morgan fingerprint density at radius 3 is 2.09 bits per heavy atom. The van der Waals surface area contributed by atoms with Crippen LogP contribution in [0.4, 0.5) is 5.69 Å². The lowest BCUT2D eigenvalue weighted by Gasteiger charge is -2.25. The Labute approximate surface area is 132 Å². The molecule has 22 heavy (non-hydrogen) atoms. The van der Waals surface area contributed by atoms with Gasteiger partial charge in [0.1, 0.15) is 6.04 Å². The number of nitrogens with zero attached hydrogens (tertiary/aromatic N) is 2. The van der Waals surface area contributed by atoms with Gasteiger partial charge in [-0.25, -0.2) is 0 Å². The van der Waals surface area contributed by atoms with Gasteiger partial charge < -0.3 is 15.5 Å². The molecule has 0 heterocycles. The van der Waals surface area contributed by atoms with E-state index < -0.39 is 6.04 Å². The molecule has 0 saturated heterocycles. The van der Waals surface area contributed by atoms with Crippen LogP contribution in [0.3, 0.4) is 0 Å². The number of hydrogen-bond donors (Lipinski definition) is 1. The second-order valence-corrected chi connectivity index (χ2v) is 5.41. The summed E-state index contributed by atoms with van der Waals surface area (Å²) in [5.74, 6) is -0.0624. The molecule has 0 spiro atoms. The van der Waals surface area contributed by atoms with Crippen molar-refractivity contribution >= 4 is 11.6 Å². The molecule has 2 N–H and O–H groups in total. The van der Waals surface area contributed by atoms with Gasteiger partial charge in [0, 0.05) is 32.9 Å². The zero-order valence-corrected chi connectivity index (χ0v) is 13.1. The summed E-state index contributed by atoms with van der Waals surface area (Å²) in [5, 5.41) is 0. The van der Waals surface area contributed by atoms with Crippen LogP contribution in [0.1, 0.15) is 11.6 Å². The van der Waals surface area contributed by atoms with Crippen LogP contribution < -0.4 is 10.6 Å². The zero-order chi connectivity index (χ0) is 15.9. The number of nitrogens with two attached hydrogens (primary N) is 1. The first-order valence-electron chi connectivity index (χ1n) is 7.41. The van der Waals surface area contributed by atoms with Gasteiger partial charge in [-0.1, -0.05) is 48.5 Å². The molecule has 2 rings (SSSR count). The Morgan fingerprint density at radius 1 is 0.955 bits per heavy atom. The van der Waals surface area contributed by atoms with Gasteiger partial charge in [-0.2, -0.15) is 0 Å². The fourth-order valence-electron chi connectivity index (χ4n) is 2.26. The number of carbonyl (C=O) groups is 1. The maximum Gasteiger partial charge on any atom is 0.243 e. The van der Waals surface area contributed by atoms with Crippen molar-refractivity contribution in [3.63, 3.8) is 0 Å². The number of carbonyl (C=O) groups excluding carboxylic acids is 1. The molecule has 2 aromatic carbocycles. The van der Waals surface area contributed by atoms with Crippen molar-refractivity contribution < 1.29 is 4.79 Å². The first-order valence-corrected chi connectivity index (χ1v) is 7.41. The van der Waals surface area contributed by atoms with Crippen LogP contribution in [0.15, 0.2) is 60.7 Å². The number of para-hydroxylation sites is 1. The topological polar surface area (TPSA) is 49.6 Å². The van der Waals surface area contributed by atoms with Crippen molar-refractivity contribution in [3.05, 3.63) is 66.2 Å². The van der Waals surface area contributed by atoms with E-state index in [1.54, 1.807) is 11.9 Å². The van der Waals surface area contributed by atoms with Crippen molar-refractivity contribution in [1.82, 2.24) is 4.90 Å². The van der Waals surface area contributed by atoms with Crippen molar-refractivity contribution in [1.29, 1.82) is 0 Å². The minimum absolute atomic E-state index is 0.0624. The Bertz CT molecular complexity index is 586. The summed E-state index contributed by atoms with van der Waals surface area (Å²) in [7, 11) is 3.81. The maximum atomic E-state index is 12.4. The maximum absolute atomic E-state index is 12.4. The third-order valence-electron chi connectivity index (χ3n) is 3.77. The summed E-state index contributed by atoms with van der Waals surface area (Å²) in [5.41, 5.74) is 8.03.